The number of rotatable bonds is 6. The van der Waals surface area contributed by atoms with Crippen molar-refractivity contribution in [3.05, 3.63) is 27.7 Å². The van der Waals surface area contributed by atoms with Crippen LogP contribution in [0, 0.1) is 5.41 Å². The second-order valence-corrected chi connectivity index (χ2v) is 7.23. The Balaban J connectivity index is 2.43. The van der Waals surface area contributed by atoms with Gasteiger partial charge in [0.25, 0.3) is 0 Å². The Labute approximate surface area is 131 Å². The zero-order valence-corrected chi connectivity index (χ0v) is 14.6. The fourth-order valence-electron chi connectivity index (χ4n) is 2.81. The second kappa shape index (κ2) is 6.48. The Morgan fingerprint density at radius 1 is 1.35 bits per heavy atom. The fourth-order valence-corrected chi connectivity index (χ4v) is 3.34. The molecule has 0 saturated carbocycles. The highest BCUT2D eigenvalue weighted by atomic mass is 79.9. The maximum atomic E-state index is 5.92. The van der Waals surface area contributed by atoms with E-state index in [9.17, 15) is 0 Å². The molecule has 0 fully saturated rings. The number of ether oxygens (including phenoxy) is 1. The Morgan fingerprint density at radius 2 is 2.10 bits per heavy atom. The molecule has 0 bridgehead atoms. The molecule has 1 N–H and O–H groups in total. The molecule has 0 aromatic heterocycles. The van der Waals surface area contributed by atoms with Gasteiger partial charge in [-0.15, -0.1) is 0 Å². The smallest absolute Gasteiger partial charge is 0.127 e. The molecule has 1 aromatic carbocycles. The summed E-state index contributed by atoms with van der Waals surface area (Å²) in [6, 6.07) is 4.76. The molecule has 1 unspecified atom stereocenters. The van der Waals surface area contributed by atoms with Gasteiger partial charge in [-0.1, -0.05) is 43.6 Å². The van der Waals surface area contributed by atoms with Gasteiger partial charge in [-0.25, -0.2) is 0 Å². The van der Waals surface area contributed by atoms with E-state index >= 15 is 0 Å². The molecular weight excluding hydrogens is 314 g/mol. The highest BCUT2D eigenvalue weighted by Crippen LogP contribution is 2.44. The van der Waals surface area contributed by atoms with E-state index in [1.165, 1.54) is 11.1 Å². The summed E-state index contributed by atoms with van der Waals surface area (Å²) in [6.07, 6.45) is 3.30. The molecule has 2 rings (SSSR count). The van der Waals surface area contributed by atoms with Crippen LogP contribution < -0.4 is 10.1 Å². The largest absolute Gasteiger partial charge is 0.493 e. The van der Waals surface area contributed by atoms with E-state index in [-0.39, 0.29) is 5.41 Å². The Bertz CT molecular complexity index is 470. The molecule has 112 valence electrons. The predicted molar refractivity (Wildman–Crippen MR) is 88.4 cm³/mol. The first kappa shape index (κ1) is 15.8. The SMILES string of the molecule is CCCNC(c1cc(Br)cc2c1OCC2)C(C)(C)CC. The summed E-state index contributed by atoms with van der Waals surface area (Å²) in [5.41, 5.74) is 2.85. The third kappa shape index (κ3) is 3.20. The van der Waals surface area contributed by atoms with Gasteiger partial charge in [0.1, 0.15) is 5.75 Å². The molecule has 1 atom stereocenters. The van der Waals surface area contributed by atoms with Crippen LogP contribution in [0.1, 0.15) is 57.7 Å². The van der Waals surface area contributed by atoms with Crippen molar-refractivity contribution < 1.29 is 4.74 Å². The van der Waals surface area contributed by atoms with Gasteiger partial charge in [-0.2, -0.15) is 0 Å². The quantitative estimate of drug-likeness (QED) is 0.798. The monoisotopic (exact) mass is 339 g/mol. The summed E-state index contributed by atoms with van der Waals surface area (Å²) in [6.45, 7) is 11.0. The summed E-state index contributed by atoms with van der Waals surface area (Å²) in [5.74, 6) is 1.11. The fraction of sp³-hybridized carbons (Fsp3) is 0.647. The number of fused-ring (bicyclic) bond motifs is 1. The molecule has 3 heteroatoms. The lowest BCUT2D eigenvalue weighted by Crippen LogP contribution is -2.34. The van der Waals surface area contributed by atoms with E-state index in [0.717, 1.165) is 42.6 Å². The summed E-state index contributed by atoms with van der Waals surface area (Å²) in [5, 5.41) is 3.73. The minimum Gasteiger partial charge on any atom is -0.493 e. The average molecular weight is 340 g/mol. The summed E-state index contributed by atoms with van der Waals surface area (Å²) < 4.78 is 7.08. The van der Waals surface area contributed by atoms with Gasteiger partial charge >= 0.3 is 0 Å². The summed E-state index contributed by atoms with van der Waals surface area (Å²) in [4.78, 5) is 0. The van der Waals surface area contributed by atoms with Gasteiger partial charge in [0.2, 0.25) is 0 Å². The number of hydrogen-bond acceptors (Lipinski definition) is 2. The molecule has 0 amide bonds. The van der Waals surface area contributed by atoms with Gasteiger partial charge in [0.05, 0.1) is 6.61 Å². The van der Waals surface area contributed by atoms with Crippen molar-refractivity contribution in [3.63, 3.8) is 0 Å². The highest BCUT2D eigenvalue weighted by molar-refractivity contribution is 9.10. The molecule has 1 aromatic rings. The molecule has 1 aliphatic rings. The van der Waals surface area contributed by atoms with Crippen LogP contribution in [0.5, 0.6) is 5.75 Å². The van der Waals surface area contributed by atoms with E-state index in [1.807, 2.05) is 0 Å². The lowest BCUT2D eigenvalue weighted by atomic mass is 9.77. The van der Waals surface area contributed by atoms with Crippen LogP contribution >= 0.6 is 15.9 Å². The third-order valence-electron chi connectivity index (χ3n) is 4.38. The summed E-state index contributed by atoms with van der Waals surface area (Å²) in [7, 11) is 0. The molecule has 20 heavy (non-hydrogen) atoms. The normalized spacial score (nSPS) is 15.8. The van der Waals surface area contributed by atoms with Gasteiger partial charge < -0.3 is 10.1 Å². The number of nitrogens with one attached hydrogen (secondary N) is 1. The van der Waals surface area contributed by atoms with Crippen molar-refractivity contribution in [2.75, 3.05) is 13.2 Å². The second-order valence-electron chi connectivity index (χ2n) is 6.31. The van der Waals surface area contributed by atoms with Crippen LogP contribution in [0.2, 0.25) is 0 Å². The first-order valence-electron chi connectivity index (χ1n) is 7.68. The van der Waals surface area contributed by atoms with Crippen LogP contribution in [-0.4, -0.2) is 13.2 Å². The van der Waals surface area contributed by atoms with Gasteiger partial charge in [-0.3, -0.25) is 0 Å². The van der Waals surface area contributed by atoms with Crippen LogP contribution in [0.3, 0.4) is 0 Å². The maximum Gasteiger partial charge on any atom is 0.127 e. The van der Waals surface area contributed by atoms with Crippen molar-refractivity contribution in [1.29, 1.82) is 0 Å². The molecule has 0 spiro atoms. The van der Waals surface area contributed by atoms with E-state index < -0.39 is 0 Å². The van der Waals surface area contributed by atoms with Gasteiger partial charge in [0, 0.05) is 22.5 Å². The minimum atomic E-state index is 0.204. The molecular formula is C17H26BrNO. The Hall–Kier alpha value is -0.540. The minimum absolute atomic E-state index is 0.204. The van der Waals surface area contributed by atoms with Crippen LogP contribution in [0.15, 0.2) is 16.6 Å². The number of halogens is 1. The summed E-state index contributed by atoms with van der Waals surface area (Å²) >= 11 is 3.66. The number of benzene rings is 1. The highest BCUT2D eigenvalue weighted by Gasteiger charge is 2.33. The van der Waals surface area contributed by atoms with Crippen molar-refractivity contribution in [3.8, 4) is 5.75 Å². The maximum absolute atomic E-state index is 5.92. The standard InChI is InChI=1S/C17H26BrNO/c1-5-8-19-16(17(3,4)6-2)14-11-13(18)10-12-7-9-20-15(12)14/h10-11,16,19H,5-9H2,1-4H3. The van der Waals surface area contributed by atoms with E-state index in [4.69, 9.17) is 4.74 Å². The molecule has 1 heterocycles. The first-order chi connectivity index (χ1) is 9.49. The van der Waals surface area contributed by atoms with Crippen LogP contribution in [0.25, 0.3) is 0 Å². The molecule has 0 aliphatic carbocycles. The molecule has 1 aliphatic heterocycles. The van der Waals surface area contributed by atoms with Crippen molar-refractivity contribution in [2.45, 2.75) is 53.0 Å². The first-order valence-corrected chi connectivity index (χ1v) is 8.47. The lowest BCUT2D eigenvalue weighted by molar-refractivity contribution is 0.228. The predicted octanol–water partition coefficient (Wildman–Crippen LogP) is 4.86. The molecule has 0 saturated heterocycles. The van der Waals surface area contributed by atoms with Gasteiger partial charge in [0.15, 0.2) is 0 Å². The van der Waals surface area contributed by atoms with E-state index in [0.29, 0.717) is 6.04 Å². The van der Waals surface area contributed by atoms with Crippen molar-refractivity contribution in [2.24, 2.45) is 5.41 Å². The van der Waals surface area contributed by atoms with Crippen LogP contribution in [0.4, 0.5) is 0 Å². The average Bonchev–Trinajstić information content (AvgIpc) is 2.86. The van der Waals surface area contributed by atoms with Crippen molar-refractivity contribution >= 4 is 15.9 Å². The topological polar surface area (TPSA) is 21.3 Å². The van der Waals surface area contributed by atoms with E-state index in [2.05, 4.69) is 61.1 Å². The number of hydrogen-bond donors (Lipinski definition) is 1. The molecule has 2 nitrogen and oxygen atoms in total. The van der Waals surface area contributed by atoms with E-state index in [1.54, 1.807) is 0 Å². The van der Waals surface area contributed by atoms with Gasteiger partial charge in [-0.05, 0) is 42.5 Å². The third-order valence-corrected chi connectivity index (χ3v) is 4.84. The Morgan fingerprint density at radius 3 is 2.75 bits per heavy atom. The lowest BCUT2D eigenvalue weighted by Gasteiger charge is -2.35. The van der Waals surface area contributed by atoms with Crippen molar-refractivity contribution in [1.82, 2.24) is 5.32 Å². The molecule has 0 radical (unpaired) electrons. The zero-order valence-electron chi connectivity index (χ0n) is 13.1. The zero-order chi connectivity index (χ0) is 14.8. The Kier molecular flexibility index (Phi) is 5.14. The van der Waals surface area contributed by atoms with Crippen LogP contribution in [-0.2, 0) is 6.42 Å².